The number of halogens is 1. The molecule has 1 aliphatic carbocycles. The van der Waals surface area contributed by atoms with E-state index in [4.69, 9.17) is 16.3 Å². The van der Waals surface area contributed by atoms with E-state index in [1.807, 2.05) is 12.3 Å². The van der Waals surface area contributed by atoms with Gasteiger partial charge in [0.2, 0.25) is 0 Å². The van der Waals surface area contributed by atoms with Crippen molar-refractivity contribution in [3.8, 4) is 0 Å². The third-order valence-corrected chi connectivity index (χ3v) is 5.23. The van der Waals surface area contributed by atoms with Gasteiger partial charge in [0, 0.05) is 18.3 Å². The van der Waals surface area contributed by atoms with Crippen LogP contribution in [-0.2, 0) is 4.74 Å². The molecule has 0 amide bonds. The topological polar surface area (TPSA) is 51.2 Å². The molecule has 2 heterocycles. The van der Waals surface area contributed by atoms with Crippen molar-refractivity contribution in [2.45, 2.75) is 18.4 Å². The zero-order valence-corrected chi connectivity index (χ0v) is 14.0. The number of nitrogens with zero attached hydrogens (tertiary/aromatic N) is 1. The van der Waals surface area contributed by atoms with E-state index < -0.39 is 0 Å². The Hall–Kier alpha value is -2.33. The smallest absolute Gasteiger partial charge is 0.338 e. The van der Waals surface area contributed by atoms with Crippen molar-refractivity contribution in [2.75, 3.05) is 12.4 Å². The van der Waals surface area contributed by atoms with Gasteiger partial charge < -0.3 is 10.1 Å². The molecule has 0 saturated carbocycles. The minimum absolute atomic E-state index is 0.108. The Morgan fingerprint density at radius 3 is 3.00 bits per heavy atom. The van der Waals surface area contributed by atoms with Gasteiger partial charge in [-0.3, -0.25) is 4.98 Å². The molecule has 3 atom stereocenters. The number of aromatic nitrogens is 1. The van der Waals surface area contributed by atoms with Crippen LogP contribution in [0.4, 0.5) is 5.69 Å². The molecular weight excluding hydrogens is 324 g/mol. The summed E-state index contributed by atoms with van der Waals surface area (Å²) in [4.78, 5) is 16.5. The maximum Gasteiger partial charge on any atom is 0.338 e. The Balaban J connectivity index is 1.87. The predicted molar refractivity (Wildman–Crippen MR) is 93.4 cm³/mol. The Bertz CT molecular complexity index is 820. The molecule has 1 aromatic carbocycles. The maximum atomic E-state index is 12.2. The lowest BCUT2D eigenvalue weighted by Crippen LogP contribution is -2.30. The highest BCUT2D eigenvalue weighted by Gasteiger charge is 2.41. The van der Waals surface area contributed by atoms with E-state index in [-0.39, 0.29) is 17.9 Å². The lowest BCUT2D eigenvalue weighted by atomic mass is 9.75. The Morgan fingerprint density at radius 2 is 2.25 bits per heavy atom. The number of hydrogen-bond donors (Lipinski definition) is 1. The lowest BCUT2D eigenvalue weighted by Gasteiger charge is -2.38. The standard InChI is InChI=1S/C19H17ClN2O2/c1-24-19(23)14-7-8-15(20)18-16(14)12-5-2-6-13(12)17(22-18)11-4-3-9-21-10-11/h2-5,7-10,12-13,17,22H,6H2,1H3/t12-,13-,17-/m0/s1. The number of hydrogen-bond acceptors (Lipinski definition) is 4. The molecule has 0 unspecified atom stereocenters. The number of esters is 1. The number of allylic oxidation sites excluding steroid dienone is 2. The van der Waals surface area contributed by atoms with Crippen molar-refractivity contribution in [2.24, 2.45) is 5.92 Å². The number of anilines is 1. The first-order chi connectivity index (χ1) is 11.7. The number of nitrogens with one attached hydrogen (secondary N) is 1. The molecule has 4 rings (SSSR count). The summed E-state index contributed by atoms with van der Waals surface area (Å²) in [5.74, 6) is 0.131. The van der Waals surface area contributed by atoms with E-state index in [0.717, 1.165) is 23.2 Å². The largest absolute Gasteiger partial charge is 0.465 e. The van der Waals surface area contributed by atoms with Crippen LogP contribution >= 0.6 is 11.6 Å². The van der Waals surface area contributed by atoms with Gasteiger partial charge in [0.25, 0.3) is 0 Å². The van der Waals surface area contributed by atoms with Crippen molar-refractivity contribution in [3.05, 3.63) is 70.5 Å². The lowest BCUT2D eigenvalue weighted by molar-refractivity contribution is 0.0598. The third kappa shape index (κ3) is 2.29. The molecule has 24 heavy (non-hydrogen) atoms. The van der Waals surface area contributed by atoms with Crippen LogP contribution < -0.4 is 5.32 Å². The van der Waals surface area contributed by atoms with Gasteiger partial charge in [-0.05, 0) is 41.7 Å². The second-order valence-electron chi connectivity index (χ2n) is 6.14. The second-order valence-corrected chi connectivity index (χ2v) is 6.54. The summed E-state index contributed by atoms with van der Waals surface area (Å²) >= 11 is 6.45. The SMILES string of the molecule is COC(=O)c1ccc(Cl)c2c1[C@H]1C=CC[C@@H]1[C@H](c1cccnc1)N2. The van der Waals surface area contributed by atoms with Crippen molar-refractivity contribution in [3.63, 3.8) is 0 Å². The van der Waals surface area contributed by atoms with Crippen LogP contribution in [0.25, 0.3) is 0 Å². The second kappa shape index (κ2) is 5.95. The average molecular weight is 341 g/mol. The Kier molecular flexibility index (Phi) is 3.77. The van der Waals surface area contributed by atoms with Gasteiger partial charge in [-0.15, -0.1) is 0 Å². The van der Waals surface area contributed by atoms with Crippen molar-refractivity contribution in [1.82, 2.24) is 4.98 Å². The molecule has 0 spiro atoms. The van der Waals surface area contributed by atoms with Gasteiger partial charge >= 0.3 is 5.97 Å². The normalized spacial score (nSPS) is 24.0. The summed E-state index contributed by atoms with van der Waals surface area (Å²) in [6.07, 6.45) is 8.96. The Morgan fingerprint density at radius 1 is 1.38 bits per heavy atom. The number of methoxy groups -OCH3 is 1. The van der Waals surface area contributed by atoms with Crippen LogP contribution in [-0.4, -0.2) is 18.1 Å². The molecule has 2 aliphatic rings. The molecule has 1 aliphatic heterocycles. The summed E-state index contributed by atoms with van der Waals surface area (Å²) in [7, 11) is 1.40. The van der Waals surface area contributed by atoms with Crippen LogP contribution in [0.5, 0.6) is 0 Å². The van der Waals surface area contributed by atoms with E-state index in [1.165, 1.54) is 7.11 Å². The van der Waals surface area contributed by atoms with Crippen LogP contribution in [0.3, 0.4) is 0 Å². The number of ether oxygens (including phenoxy) is 1. The predicted octanol–water partition coefficient (Wildman–Crippen LogP) is 4.35. The van der Waals surface area contributed by atoms with Crippen molar-refractivity contribution in [1.29, 1.82) is 0 Å². The van der Waals surface area contributed by atoms with E-state index in [0.29, 0.717) is 16.5 Å². The molecule has 0 bridgehead atoms. The third-order valence-electron chi connectivity index (χ3n) is 4.92. The summed E-state index contributed by atoms with van der Waals surface area (Å²) < 4.78 is 4.96. The van der Waals surface area contributed by atoms with Crippen molar-refractivity contribution >= 4 is 23.3 Å². The van der Waals surface area contributed by atoms with E-state index in [2.05, 4.69) is 28.5 Å². The molecule has 0 fully saturated rings. The summed E-state index contributed by atoms with van der Waals surface area (Å²) in [6.45, 7) is 0. The van der Waals surface area contributed by atoms with Crippen molar-refractivity contribution < 1.29 is 9.53 Å². The first-order valence-corrected chi connectivity index (χ1v) is 8.32. The first-order valence-electron chi connectivity index (χ1n) is 7.94. The zero-order chi connectivity index (χ0) is 16.7. The Labute approximate surface area is 145 Å². The number of carbonyl (C=O) groups is 1. The molecule has 122 valence electrons. The van der Waals surface area contributed by atoms with Crippen LogP contribution in [0.2, 0.25) is 5.02 Å². The van der Waals surface area contributed by atoms with Gasteiger partial charge in [0.1, 0.15) is 0 Å². The molecule has 2 aromatic rings. The summed E-state index contributed by atoms with van der Waals surface area (Å²) in [5, 5.41) is 4.17. The molecule has 0 saturated heterocycles. The number of benzene rings is 1. The molecule has 4 nitrogen and oxygen atoms in total. The van der Waals surface area contributed by atoms with E-state index in [9.17, 15) is 4.79 Å². The van der Waals surface area contributed by atoms with Gasteiger partial charge in [0.15, 0.2) is 0 Å². The zero-order valence-electron chi connectivity index (χ0n) is 13.2. The van der Waals surface area contributed by atoms with Crippen LogP contribution in [0.1, 0.15) is 39.9 Å². The van der Waals surface area contributed by atoms with Gasteiger partial charge in [0.05, 0.1) is 29.4 Å². The summed E-state index contributed by atoms with van der Waals surface area (Å²) in [5.41, 5.74) is 3.46. The quantitative estimate of drug-likeness (QED) is 0.652. The number of pyridine rings is 1. The maximum absolute atomic E-state index is 12.2. The fraction of sp³-hybridized carbons (Fsp3) is 0.263. The van der Waals surface area contributed by atoms with Crippen LogP contribution in [0.15, 0.2) is 48.8 Å². The van der Waals surface area contributed by atoms with Gasteiger partial charge in [-0.2, -0.15) is 0 Å². The minimum atomic E-state index is -0.330. The number of carbonyl (C=O) groups excluding carboxylic acids is 1. The molecular formula is C19H17ClN2O2. The highest BCUT2D eigenvalue weighted by atomic mass is 35.5. The first kappa shape index (κ1) is 15.2. The van der Waals surface area contributed by atoms with Gasteiger partial charge in [-0.1, -0.05) is 29.8 Å². The highest BCUT2D eigenvalue weighted by Crippen LogP contribution is 2.52. The molecule has 1 N–H and O–H groups in total. The summed E-state index contributed by atoms with van der Waals surface area (Å²) in [6, 6.07) is 7.62. The molecule has 1 aromatic heterocycles. The van der Waals surface area contributed by atoms with Crippen LogP contribution in [0, 0.1) is 5.92 Å². The van der Waals surface area contributed by atoms with Gasteiger partial charge in [-0.25, -0.2) is 4.79 Å². The number of fused-ring (bicyclic) bond motifs is 3. The minimum Gasteiger partial charge on any atom is -0.465 e. The number of rotatable bonds is 2. The molecule has 5 heteroatoms. The monoisotopic (exact) mass is 340 g/mol. The average Bonchev–Trinajstić information content (AvgIpc) is 3.11. The fourth-order valence-corrected chi connectivity index (χ4v) is 4.07. The fourth-order valence-electron chi connectivity index (χ4n) is 3.85. The van der Waals surface area contributed by atoms with E-state index >= 15 is 0 Å². The highest BCUT2D eigenvalue weighted by molar-refractivity contribution is 6.33. The molecule has 0 radical (unpaired) electrons. The van der Waals surface area contributed by atoms with E-state index in [1.54, 1.807) is 18.3 Å².